The molecule has 0 radical (unpaired) electrons. The minimum atomic E-state index is -0.568. The molecule has 2 aromatic heterocycles. The van der Waals surface area contributed by atoms with Crippen LogP contribution in [0.1, 0.15) is 5.01 Å². The Kier molecular flexibility index (Phi) is 5.17. The molecule has 10 heteroatoms. The lowest BCUT2D eigenvalue weighted by Gasteiger charge is -2.00. The molecule has 124 valence electrons. The van der Waals surface area contributed by atoms with Crippen molar-refractivity contribution in [1.29, 1.82) is 0 Å². The Hall–Kier alpha value is -1.91. The van der Waals surface area contributed by atoms with E-state index in [0.29, 0.717) is 9.47 Å². The Morgan fingerprint density at radius 2 is 2.17 bits per heavy atom. The molecule has 0 bridgehead atoms. The fourth-order valence-electron chi connectivity index (χ4n) is 1.77. The van der Waals surface area contributed by atoms with E-state index in [1.165, 1.54) is 23.1 Å². The first kappa shape index (κ1) is 16.9. The van der Waals surface area contributed by atoms with E-state index < -0.39 is 11.6 Å². The highest BCUT2D eigenvalue weighted by molar-refractivity contribution is 8.01. The highest BCUT2D eigenvalue weighted by Crippen LogP contribution is 2.28. The number of hydrogen-bond acceptors (Lipinski definition) is 7. The maximum absolute atomic E-state index is 13.7. The van der Waals surface area contributed by atoms with Crippen LogP contribution >= 0.6 is 34.4 Å². The van der Waals surface area contributed by atoms with Gasteiger partial charge in [-0.2, -0.15) is 0 Å². The number of aromatic nitrogens is 3. The molecule has 1 aromatic carbocycles. The molecule has 24 heavy (non-hydrogen) atoms. The van der Waals surface area contributed by atoms with Gasteiger partial charge in [0, 0.05) is 10.9 Å². The summed E-state index contributed by atoms with van der Waals surface area (Å²) in [6.45, 7) is 1.84. The van der Waals surface area contributed by atoms with Gasteiger partial charge in [-0.25, -0.2) is 13.8 Å². The number of thioether (sulfide) groups is 1. The maximum Gasteiger partial charge on any atom is 0.236 e. The van der Waals surface area contributed by atoms with Gasteiger partial charge < -0.3 is 5.32 Å². The van der Waals surface area contributed by atoms with Crippen LogP contribution in [-0.4, -0.2) is 26.8 Å². The standard InChI is InChI=1S/C14H10F2N4OS3/c1-7-19-20-14(24-7)23-6-12(21)18-13-17-11(5-22-13)9-4-8(15)2-3-10(9)16/h2-5H,6H2,1H3,(H,17,18,21). The van der Waals surface area contributed by atoms with Gasteiger partial charge in [-0.05, 0) is 25.1 Å². The van der Waals surface area contributed by atoms with E-state index in [4.69, 9.17) is 0 Å². The molecule has 1 N–H and O–H groups in total. The molecule has 0 fully saturated rings. The SMILES string of the molecule is Cc1nnc(SCC(=O)Nc2nc(-c3cc(F)ccc3F)cs2)s1. The second-order valence-corrected chi connectivity index (χ2v) is 7.85. The lowest BCUT2D eigenvalue weighted by Crippen LogP contribution is -2.13. The van der Waals surface area contributed by atoms with Gasteiger partial charge in [0.25, 0.3) is 0 Å². The Bertz CT molecular complexity index is 881. The number of carbonyl (C=O) groups is 1. The Morgan fingerprint density at radius 1 is 1.33 bits per heavy atom. The molecule has 0 spiro atoms. The van der Waals surface area contributed by atoms with Crippen molar-refractivity contribution in [3.05, 3.63) is 40.2 Å². The number of nitrogens with zero attached hydrogens (tertiary/aromatic N) is 3. The summed E-state index contributed by atoms with van der Waals surface area (Å²) in [5.74, 6) is -1.21. The van der Waals surface area contributed by atoms with E-state index in [0.717, 1.165) is 34.5 Å². The molecule has 0 unspecified atom stereocenters. The van der Waals surface area contributed by atoms with Gasteiger partial charge in [-0.3, -0.25) is 4.79 Å². The number of amides is 1. The van der Waals surface area contributed by atoms with Crippen LogP contribution in [-0.2, 0) is 4.79 Å². The molecule has 2 heterocycles. The number of benzene rings is 1. The highest BCUT2D eigenvalue weighted by atomic mass is 32.2. The van der Waals surface area contributed by atoms with E-state index in [-0.39, 0.29) is 22.9 Å². The van der Waals surface area contributed by atoms with E-state index >= 15 is 0 Å². The molecule has 1 amide bonds. The van der Waals surface area contributed by atoms with Crippen LogP contribution in [0.2, 0.25) is 0 Å². The average Bonchev–Trinajstić information content (AvgIpc) is 3.17. The van der Waals surface area contributed by atoms with Crippen LogP contribution in [0.15, 0.2) is 27.9 Å². The van der Waals surface area contributed by atoms with Crippen molar-refractivity contribution < 1.29 is 13.6 Å². The zero-order chi connectivity index (χ0) is 17.1. The van der Waals surface area contributed by atoms with Crippen molar-refractivity contribution in [3.63, 3.8) is 0 Å². The minimum absolute atomic E-state index is 0.0606. The predicted octanol–water partition coefficient (Wildman–Crippen LogP) is 3.98. The van der Waals surface area contributed by atoms with Crippen molar-refractivity contribution in [2.75, 3.05) is 11.1 Å². The van der Waals surface area contributed by atoms with Crippen molar-refractivity contribution in [2.24, 2.45) is 0 Å². The van der Waals surface area contributed by atoms with Gasteiger partial charge >= 0.3 is 0 Å². The summed E-state index contributed by atoms with van der Waals surface area (Å²) >= 11 is 3.83. The maximum atomic E-state index is 13.7. The molecular weight excluding hydrogens is 374 g/mol. The molecule has 0 aliphatic carbocycles. The monoisotopic (exact) mass is 384 g/mol. The smallest absolute Gasteiger partial charge is 0.236 e. The third kappa shape index (κ3) is 4.13. The van der Waals surface area contributed by atoms with Gasteiger partial charge in [0.2, 0.25) is 5.91 Å². The minimum Gasteiger partial charge on any atom is -0.301 e. The van der Waals surface area contributed by atoms with E-state index in [1.54, 1.807) is 5.38 Å². The molecule has 0 atom stereocenters. The summed E-state index contributed by atoms with van der Waals surface area (Å²) < 4.78 is 27.7. The van der Waals surface area contributed by atoms with E-state index in [2.05, 4.69) is 20.5 Å². The molecule has 0 saturated carbocycles. The van der Waals surface area contributed by atoms with Crippen molar-refractivity contribution in [1.82, 2.24) is 15.2 Å². The number of halogens is 2. The lowest BCUT2D eigenvalue weighted by atomic mass is 10.1. The molecule has 3 aromatic rings. The van der Waals surface area contributed by atoms with Crippen LogP contribution in [0.4, 0.5) is 13.9 Å². The first-order chi connectivity index (χ1) is 11.5. The summed E-state index contributed by atoms with van der Waals surface area (Å²) in [4.78, 5) is 16.0. The van der Waals surface area contributed by atoms with Crippen LogP contribution < -0.4 is 5.32 Å². The van der Waals surface area contributed by atoms with Crippen molar-refractivity contribution in [2.45, 2.75) is 11.3 Å². The van der Waals surface area contributed by atoms with Crippen LogP contribution in [0, 0.1) is 18.6 Å². The van der Waals surface area contributed by atoms with Gasteiger partial charge in [-0.15, -0.1) is 21.5 Å². The zero-order valence-corrected chi connectivity index (χ0v) is 14.7. The summed E-state index contributed by atoms with van der Waals surface area (Å²) in [5.41, 5.74) is 0.338. The third-order valence-corrected chi connectivity index (χ3v) is 5.52. The quantitative estimate of drug-likeness (QED) is 0.674. The Balaban J connectivity index is 1.63. The Morgan fingerprint density at radius 3 is 2.92 bits per heavy atom. The van der Waals surface area contributed by atoms with Crippen molar-refractivity contribution in [3.8, 4) is 11.3 Å². The number of rotatable bonds is 5. The molecule has 0 aliphatic rings. The molecule has 0 saturated heterocycles. The van der Waals surface area contributed by atoms with E-state index in [1.807, 2.05) is 6.92 Å². The van der Waals surface area contributed by atoms with Gasteiger partial charge in [0.15, 0.2) is 9.47 Å². The number of hydrogen-bond donors (Lipinski definition) is 1. The van der Waals surface area contributed by atoms with E-state index in [9.17, 15) is 13.6 Å². The normalized spacial score (nSPS) is 10.8. The topological polar surface area (TPSA) is 67.8 Å². The van der Waals surface area contributed by atoms with Crippen LogP contribution in [0.25, 0.3) is 11.3 Å². The number of thiazole rings is 1. The third-order valence-electron chi connectivity index (χ3n) is 2.79. The summed E-state index contributed by atoms with van der Waals surface area (Å²) in [6.07, 6.45) is 0. The summed E-state index contributed by atoms with van der Waals surface area (Å²) in [5, 5.41) is 13.1. The van der Waals surface area contributed by atoms with Gasteiger partial charge in [0.05, 0.1) is 11.4 Å². The average molecular weight is 384 g/mol. The second-order valence-electron chi connectivity index (χ2n) is 4.59. The first-order valence-electron chi connectivity index (χ1n) is 6.65. The summed E-state index contributed by atoms with van der Waals surface area (Å²) in [7, 11) is 0. The molecular formula is C14H10F2N4OS3. The van der Waals surface area contributed by atoms with Crippen LogP contribution in [0.5, 0.6) is 0 Å². The highest BCUT2D eigenvalue weighted by Gasteiger charge is 2.13. The number of carbonyl (C=O) groups excluding carboxylic acids is 1. The van der Waals surface area contributed by atoms with Crippen molar-refractivity contribution >= 4 is 45.5 Å². The van der Waals surface area contributed by atoms with Gasteiger partial charge in [-0.1, -0.05) is 23.1 Å². The van der Waals surface area contributed by atoms with Crippen LogP contribution in [0.3, 0.4) is 0 Å². The molecule has 3 rings (SSSR count). The zero-order valence-electron chi connectivity index (χ0n) is 12.2. The number of nitrogens with one attached hydrogen (secondary N) is 1. The predicted molar refractivity (Wildman–Crippen MR) is 91.5 cm³/mol. The lowest BCUT2D eigenvalue weighted by molar-refractivity contribution is -0.113. The summed E-state index contributed by atoms with van der Waals surface area (Å²) in [6, 6.07) is 3.16. The number of aryl methyl sites for hydroxylation is 1. The first-order valence-corrected chi connectivity index (χ1v) is 9.33. The Labute approximate surface area is 148 Å². The second kappa shape index (κ2) is 7.32. The fourth-order valence-corrected chi connectivity index (χ4v) is 4.11. The molecule has 5 nitrogen and oxygen atoms in total. The number of anilines is 1. The molecule has 0 aliphatic heterocycles. The largest absolute Gasteiger partial charge is 0.301 e. The fraction of sp³-hybridized carbons (Fsp3) is 0.143. The van der Waals surface area contributed by atoms with Gasteiger partial charge in [0.1, 0.15) is 16.6 Å².